The summed E-state index contributed by atoms with van der Waals surface area (Å²) < 4.78 is 13.7. The third-order valence-corrected chi connectivity index (χ3v) is 4.83. The van der Waals surface area contributed by atoms with Crippen molar-refractivity contribution in [2.24, 2.45) is 0 Å². The van der Waals surface area contributed by atoms with Crippen LogP contribution in [0, 0.1) is 5.82 Å². The molecule has 122 valence electrons. The van der Waals surface area contributed by atoms with Gasteiger partial charge in [-0.2, -0.15) is 11.3 Å². The molecule has 1 aromatic carbocycles. The van der Waals surface area contributed by atoms with E-state index in [4.69, 9.17) is 0 Å². The van der Waals surface area contributed by atoms with Crippen LogP contribution in [0.2, 0.25) is 0 Å². The van der Waals surface area contributed by atoms with Crippen LogP contribution in [0.5, 0.6) is 0 Å². The average Bonchev–Trinajstić information content (AvgIpc) is 3.03. The molecule has 1 aromatic heterocycles. The fourth-order valence-corrected chi connectivity index (χ4v) is 3.40. The van der Waals surface area contributed by atoms with Gasteiger partial charge in [0, 0.05) is 12.0 Å². The predicted octanol–water partition coefficient (Wildman–Crippen LogP) is 2.95. The highest BCUT2D eigenvalue weighted by molar-refractivity contribution is 7.08. The summed E-state index contributed by atoms with van der Waals surface area (Å²) in [6, 6.07) is 8.07. The lowest BCUT2D eigenvalue weighted by Crippen LogP contribution is -2.44. The van der Waals surface area contributed by atoms with Crippen molar-refractivity contribution in [2.75, 3.05) is 6.54 Å². The molecule has 6 heteroatoms. The number of carbonyl (C=O) groups excluding carboxylic acids is 1. The maximum atomic E-state index is 13.7. The summed E-state index contributed by atoms with van der Waals surface area (Å²) in [4.78, 5) is 11.9. The Morgan fingerprint density at radius 2 is 2.22 bits per heavy atom. The molecule has 1 heterocycles. The molecular formula is C17H19FN2O2S. The van der Waals surface area contributed by atoms with Crippen molar-refractivity contribution in [3.63, 3.8) is 0 Å². The molecule has 0 radical (unpaired) electrons. The molecule has 0 bridgehead atoms. The van der Waals surface area contributed by atoms with Gasteiger partial charge in [-0.25, -0.2) is 9.18 Å². The smallest absolute Gasteiger partial charge is 0.315 e. The van der Waals surface area contributed by atoms with Crippen LogP contribution in [0.15, 0.2) is 41.1 Å². The lowest BCUT2D eigenvalue weighted by Gasteiger charge is -2.22. The van der Waals surface area contributed by atoms with E-state index in [1.807, 2.05) is 16.8 Å². The molecule has 2 amide bonds. The minimum absolute atomic E-state index is 0.0272. The van der Waals surface area contributed by atoms with E-state index in [0.717, 1.165) is 12.0 Å². The Kier molecular flexibility index (Phi) is 4.37. The van der Waals surface area contributed by atoms with Gasteiger partial charge in [-0.1, -0.05) is 18.2 Å². The second-order valence-corrected chi connectivity index (χ2v) is 6.86. The van der Waals surface area contributed by atoms with Crippen LogP contribution in [-0.2, 0) is 5.60 Å². The Hall–Kier alpha value is -1.92. The van der Waals surface area contributed by atoms with Crippen LogP contribution in [-0.4, -0.2) is 23.7 Å². The molecular weight excluding hydrogens is 315 g/mol. The molecule has 1 fully saturated rings. The third-order valence-electron chi connectivity index (χ3n) is 4.15. The highest BCUT2D eigenvalue weighted by Crippen LogP contribution is 2.41. The number of hydrogen-bond donors (Lipinski definition) is 3. The number of aliphatic hydroxyl groups is 1. The maximum Gasteiger partial charge on any atom is 0.315 e. The van der Waals surface area contributed by atoms with Crippen molar-refractivity contribution in [1.82, 2.24) is 10.6 Å². The minimum Gasteiger partial charge on any atom is -0.384 e. The molecule has 3 N–H and O–H groups in total. The minimum atomic E-state index is -1.11. The monoisotopic (exact) mass is 334 g/mol. The fraction of sp³-hybridized carbons (Fsp3) is 0.353. The van der Waals surface area contributed by atoms with Crippen molar-refractivity contribution >= 4 is 17.4 Å². The Morgan fingerprint density at radius 1 is 1.43 bits per heavy atom. The first kappa shape index (κ1) is 16.0. The zero-order chi connectivity index (χ0) is 16.4. The van der Waals surface area contributed by atoms with Gasteiger partial charge in [-0.05, 0) is 47.4 Å². The topological polar surface area (TPSA) is 61.4 Å². The Balaban J connectivity index is 1.49. The molecule has 1 saturated carbocycles. The Morgan fingerprint density at radius 3 is 2.91 bits per heavy atom. The van der Waals surface area contributed by atoms with Gasteiger partial charge in [0.25, 0.3) is 0 Å². The number of halogens is 1. The summed E-state index contributed by atoms with van der Waals surface area (Å²) in [5, 5.41) is 19.6. The molecule has 23 heavy (non-hydrogen) atoms. The summed E-state index contributed by atoms with van der Waals surface area (Å²) in [6.45, 7) is 1.78. The highest BCUT2D eigenvalue weighted by Gasteiger charge is 2.41. The largest absolute Gasteiger partial charge is 0.384 e. The zero-order valence-corrected chi connectivity index (χ0v) is 13.6. The lowest BCUT2D eigenvalue weighted by atomic mass is 9.99. The SMILES string of the molecule is C[C@](O)(CNC(=O)N[C@H]1C[C@@H]1c1ccccc1F)c1ccsc1. The second kappa shape index (κ2) is 6.29. The van der Waals surface area contributed by atoms with Gasteiger partial charge in [0.15, 0.2) is 0 Å². The number of benzene rings is 1. The van der Waals surface area contributed by atoms with Crippen LogP contribution in [0.1, 0.15) is 30.4 Å². The van der Waals surface area contributed by atoms with Crippen LogP contribution in [0.3, 0.4) is 0 Å². The normalized spacial score (nSPS) is 22.2. The highest BCUT2D eigenvalue weighted by atomic mass is 32.1. The molecule has 0 spiro atoms. The average molecular weight is 334 g/mol. The van der Waals surface area contributed by atoms with Gasteiger partial charge in [0.2, 0.25) is 0 Å². The van der Waals surface area contributed by atoms with Crippen molar-refractivity contribution < 1.29 is 14.3 Å². The van der Waals surface area contributed by atoms with E-state index in [1.54, 1.807) is 25.1 Å². The second-order valence-electron chi connectivity index (χ2n) is 6.08. The van der Waals surface area contributed by atoms with Gasteiger partial charge >= 0.3 is 6.03 Å². The molecule has 0 unspecified atom stereocenters. The predicted molar refractivity (Wildman–Crippen MR) is 88.0 cm³/mol. The molecule has 1 aliphatic carbocycles. The molecule has 0 saturated heterocycles. The number of urea groups is 1. The van der Waals surface area contributed by atoms with E-state index in [-0.39, 0.29) is 30.4 Å². The molecule has 4 nitrogen and oxygen atoms in total. The van der Waals surface area contributed by atoms with Crippen molar-refractivity contribution in [1.29, 1.82) is 0 Å². The number of nitrogens with one attached hydrogen (secondary N) is 2. The van der Waals surface area contributed by atoms with Crippen molar-refractivity contribution in [2.45, 2.75) is 30.9 Å². The molecule has 0 aliphatic heterocycles. The van der Waals surface area contributed by atoms with E-state index < -0.39 is 5.60 Å². The van der Waals surface area contributed by atoms with Gasteiger partial charge in [0.05, 0.1) is 6.54 Å². The Labute approximate surface area is 138 Å². The number of hydrogen-bond acceptors (Lipinski definition) is 3. The first-order valence-corrected chi connectivity index (χ1v) is 8.45. The van der Waals surface area contributed by atoms with E-state index in [0.29, 0.717) is 5.56 Å². The summed E-state index contributed by atoms with van der Waals surface area (Å²) in [5.74, 6) is -0.207. The maximum absolute atomic E-state index is 13.7. The van der Waals surface area contributed by atoms with Crippen LogP contribution in [0.4, 0.5) is 9.18 Å². The molecule has 2 aromatic rings. The number of thiophene rings is 1. The summed E-state index contributed by atoms with van der Waals surface area (Å²) in [7, 11) is 0. The molecule has 3 atom stereocenters. The van der Waals surface area contributed by atoms with Crippen molar-refractivity contribution in [3.05, 3.63) is 58.0 Å². The number of amides is 2. The fourth-order valence-electron chi connectivity index (χ4n) is 2.62. The summed E-state index contributed by atoms with van der Waals surface area (Å²) in [6.07, 6.45) is 0.731. The van der Waals surface area contributed by atoms with E-state index in [2.05, 4.69) is 10.6 Å². The summed E-state index contributed by atoms with van der Waals surface area (Å²) in [5.41, 5.74) is 0.313. The van der Waals surface area contributed by atoms with Crippen molar-refractivity contribution in [3.8, 4) is 0 Å². The molecule has 1 aliphatic rings. The van der Waals surface area contributed by atoms with Gasteiger partial charge in [-0.15, -0.1) is 0 Å². The van der Waals surface area contributed by atoms with Crippen LogP contribution < -0.4 is 10.6 Å². The molecule has 3 rings (SSSR count). The van der Waals surface area contributed by atoms with E-state index >= 15 is 0 Å². The van der Waals surface area contributed by atoms with Gasteiger partial charge in [0.1, 0.15) is 11.4 Å². The first-order valence-electron chi connectivity index (χ1n) is 7.51. The number of carbonyl (C=O) groups is 1. The van der Waals surface area contributed by atoms with Crippen LogP contribution >= 0.6 is 11.3 Å². The lowest BCUT2D eigenvalue weighted by molar-refractivity contribution is 0.0598. The number of rotatable bonds is 5. The van der Waals surface area contributed by atoms with Gasteiger partial charge < -0.3 is 15.7 Å². The summed E-state index contributed by atoms with van der Waals surface area (Å²) >= 11 is 1.50. The zero-order valence-electron chi connectivity index (χ0n) is 12.8. The quantitative estimate of drug-likeness (QED) is 0.787. The van der Waals surface area contributed by atoms with Crippen LogP contribution in [0.25, 0.3) is 0 Å². The Bertz CT molecular complexity index is 688. The third kappa shape index (κ3) is 3.71. The first-order chi connectivity index (χ1) is 11.0. The van der Waals surface area contributed by atoms with E-state index in [1.165, 1.54) is 17.4 Å². The standard InChI is InChI=1S/C17H19FN2O2S/c1-17(22,11-6-7-23-9-11)10-19-16(21)20-15-8-13(15)12-4-2-3-5-14(12)18/h2-7,9,13,15,22H,8,10H2,1H3,(H2,19,20,21)/t13-,15+,17+/m1/s1. The van der Waals surface area contributed by atoms with Gasteiger partial charge in [-0.3, -0.25) is 0 Å². The van der Waals surface area contributed by atoms with E-state index in [9.17, 15) is 14.3 Å².